The molecular weight excluding hydrogens is 325 g/mol. The fourth-order valence-electron chi connectivity index (χ4n) is 2.85. The second kappa shape index (κ2) is 6.45. The van der Waals surface area contributed by atoms with Gasteiger partial charge in [0, 0.05) is 25.7 Å². The molecule has 24 heavy (non-hydrogen) atoms. The van der Waals surface area contributed by atoms with E-state index in [0.717, 1.165) is 11.1 Å². The van der Waals surface area contributed by atoms with Crippen LogP contribution in [0.2, 0.25) is 0 Å². The third-order valence-electron chi connectivity index (χ3n) is 4.32. The van der Waals surface area contributed by atoms with Gasteiger partial charge in [-0.3, -0.25) is 14.3 Å². The number of hydrogen-bond donors (Lipinski definition) is 1. The summed E-state index contributed by atoms with van der Waals surface area (Å²) in [5.74, 6) is -0.202. The first kappa shape index (κ1) is 16.8. The zero-order valence-electron chi connectivity index (χ0n) is 13.1. The molecular formula is C15H19F3N4O2. The predicted octanol–water partition coefficient (Wildman–Crippen LogP) is 1.71. The number of alkyl halides is 3. The molecule has 0 unspecified atom stereocenters. The van der Waals surface area contributed by atoms with Crippen LogP contribution in [0, 0.1) is 11.8 Å². The van der Waals surface area contributed by atoms with Gasteiger partial charge in [-0.1, -0.05) is 12.8 Å². The lowest BCUT2D eigenvalue weighted by molar-refractivity contribution is -0.142. The van der Waals surface area contributed by atoms with Crippen LogP contribution < -0.4 is 10.2 Å². The van der Waals surface area contributed by atoms with Crippen LogP contribution in [0.25, 0.3) is 0 Å². The van der Waals surface area contributed by atoms with Crippen LogP contribution in [0.5, 0.6) is 0 Å². The monoisotopic (exact) mass is 344 g/mol. The number of halogens is 3. The maximum absolute atomic E-state index is 12.4. The highest BCUT2D eigenvalue weighted by molar-refractivity contribution is 6.00. The quantitative estimate of drug-likeness (QED) is 0.854. The van der Waals surface area contributed by atoms with Crippen LogP contribution in [0.1, 0.15) is 25.7 Å². The topological polar surface area (TPSA) is 67.2 Å². The Bertz CT molecular complexity index is 624. The Morgan fingerprint density at radius 3 is 2.79 bits per heavy atom. The number of carbonyl (C=O) groups excluding carboxylic acids is 2. The van der Waals surface area contributed by atoms with Gasteiger partial charge in [0.25, 0.3) is 0 Å². The third kappa shape index (κ3) is 4.27. The number of hydrogen-bond acceptors (Lipinski definition) is 3. The number of nitrogens with zero attached hydrogens (tertiary/aromatic N) is 3. The van der Waals surface area contributed by atoms with E-state index in [1.54, 1.807) is 0 Å². The maximum atomic E-state index is 12.4. The van der Waals surface area contributed by atoms with Crippen molar-refractivity contribution < 1.29 is 22.8 Å². The molecule has 1 saturated carbocycles. The van der Waals surface area contributed by atoms with Gasteiger partial charge in [0.2, 0.25) is 11.8 Å². The highest BCUT2D eigenvalue weighted by Crippen LogP contribution is 2.32. The molecule has 3 rings (SSSR count). The molecule has 0 radical (unpaired) electrons. The molecule has 2 aliphatic rings. The largest absolute Gasteiger partial charge is 0.408 e. The SMILES string of the molecule is O=C(NCCC1CC1)[C@@H]1CC(=O)N(c2cnn(CC(F)(F)F)c2)C1. The van der Waals surface area contributed by atoms with Crippen molar-refractivity contribution >= 4 is 17.5 Å². The minimum Gasteiger partial charge on any atom is -0.356 e. The van der Waals surface area contributed by atoms with Crippen molar-refractivity contribution in [2.45, 2.75) is 38.4 Å². The van der Waals surface area contributed by atoms with Crippen LogP contribution in [-0.4, -0.2) is 40.9 Å². The van der Waals surface area contributed by atoms with Crippen molar-refractivity contribution in [1.29, 1.82) is 0 Å². The van der Waals surface area contributed by atoms with Gasteiger partial charge in [0.05, 0.1) is 17.8 Å². The summed E-state index contributed by atoms with van der Waals surface area (Å²) in [5.41, 5.74) is 0.289. The smallest absolute Gasteiger partial charge is 0.356 e. The summed E-state index contributed by atoms with van der Waals surface area (Å²) in [6.07, 6.45) is 1.49. The Balaban J connectivity index is 1.55. The number of carbonyl (C=O) groups is 2. The molecule has 0 bridgehead atoms. The lowest BCUT2D eigenvalue weighted by Gasteiger charge is -2.14. The van der Waals surface area contributed by atoms with Gasteiger partial charge in [-0.25, -0.2) is 0 Å². The molecule has 9 heteroatoms. The number of amides is 2. The van der Waals surface area contributed by atoms with E-state index >= 15 is 0 Å². The molecule has 0 aromatic carbocycles. The normalized spacial score (nSPS) is 21.4. The minimum atomic E-state index is -4.37. The molecule has 2 fully saturated rings. The lowest BCUT2D eigenvalue weighted by Crippen LogP contribution is -2.33. The zero-order chi connectivity index (χ0) is 17.3. The van der Waals surface area contributed by atoms with Crippen LogP contribution in [-0.2, 0) is 16.1 Å². The summed E-state index contributed by atoms with van der Waals surface area (Å²) >= 11 is 0. The summed E-state index contributed by atoms with van der Waals surface area (Å²) < 4.78 is 37.8. The second-order valence-corrected chi connectivity index (χ2v) is 6.44. The van der Waals surface area contributed by atoms with Gasteiger partial charge in [-0.15, -0.1) is 0 Å². The fourth-order valence-corrected chi connectivity index (χ4v) is 2.85. The summed E-state index contributed by atoms with van der Waals surface area (Å²) in [7, 11) is 0. The van der Waals surface area contributed by atoms with Crippen molar-refractivity contribution in [3.63, 3.8) is 0 Å². The van der Waals surface area contributed by atoms with E-state index in [0.29, 0.717) is 12.5 Å². The van der Waals surface area contributed by atoms with E-state index < -0.39 is 18.6 Å². The number of aromatic nitrogens is 2. The Kier molecular flexibility index (Phi) is 4.51. The summed E-state index contributed by atoms with van der Waals surface area (Å²) in [6.45, 7) is -0.427. The molecule has 1 saturated heterocycles. The molecule has 1 aliphatic carbocycles. The lowest BCUT2D eigenvalue weighted by atomic mass is 10.1. The Hall–Kier alpha value is -2.06. The van der Waals surface area contributed by atoms with Crippen LogP contribution in [0.3, 0.4) is 0 Å². The van der Waals surface area contributed by atoms with Gasteiger partial charge >= 0.3 is 6.18 Å². The molecule has 1 aliphatic heterocycles. The van der Waals surface area contributed by atoms with Crippen molar-refractivity contribution in [2.75, 3.05) is 18.0 Å². The standard InChI is InChI=1S/C15H19F3N4O2/c16-15(17,18)9-21-8-12(6-20-21)22-7-11(5-13(22)23)14(24)19-4-3-10-1-2-10/h6,8,10-11H,1-5,7,9H2,(H,19,24)/t11-/m1/s1. The first-order chi connectivity index (χ1) is 11.3. The average Bonchev–Trinajstić information content (AvgIpc) is 3.05. The summed E-state index contributed by atoms with van der Waals surface area (Å²) in [6, 6.07) is 0. The molecule has 1 N–H and O–H groups in total. The van der Waals surface area contributed by atoms with Crippen molar-refractivity contribution in [3.05, 3.63) is 12.4 Å². The Labute approximate surface area is 137 Å². The first-order valence-corrected chi connectivity index (χ1v) is 7.99. The highest BCUT2D eigenvalue weighted by Gasteiger charge is 2.36. The van der Waals surface area contributed by atoms with E-state index in [-0.39, 0.29) is 30.5 Å². The third-order valence-corrected chi connectivity index (χ3v) is 4.32. The molecule has 2 heterocycles. The van der Waals surface area contributed by atoms with Crippen LogP contribution >= 0.6 is 0 Å². The molecule has 1 aromatic heterocycles. The fraction of sp³-hybridized carbons (Fsp3) is 0.667. The van der Waals surface area contributed by atoms with Gasteiger partial charge < -0.3 is 10.2 Å². The summed E-state index contributed by atoms with van der Waals surface area (Å²) in [5, 5.41) is 6.47. The molecule has 2 amide bonds. The average molecular weight is 344 g/mol. The van der Waals surface area contributed by atoms with Gasteiger partial charge in [0.1, 0.15) is 6.54 Å². The maximum Gasteiger partial charge on any atom is 0.408 e. The molecule has 1 atom stereocenters. The highest BCUT2D eigenvalue weighted by atomic mass is 19.4. The molecule has 6 nitrogen and oxygen atoms in total. The van der Waals surface area contributed by atoms with E-state index in [2.05, 4.69) is 10.4 Å². The molecule has 0 spiro atoms. The van der Waals surface area contributed by atoms with E-state index in [1.807, 2.05) is 0 Å². The van der Waals surface area contributed by atoms with Gasteiger partial charge in [-0.05, 0) is 12.3 Å². The predicted molar refractivity (Wildman–Crippen MR) is 79.1 cm³/mol. The van der Waals surface area contributed by atoms with Crippen molar-refractivity contribution in [2.24, 2.45) is 11.8 Å². The van der Waals surface area contributed by atoms with Crippen molar-refractivity contribution in [3.8, 4) is 0 Å². The van der Waals surface area contributed by atoms with E-state index in [9.17, 15) is 22.8 Å². The second-order valence-electron chi connectivity index (χ2n) is 6.44. The summed E-state index contributed by atoms with van der Waals surface area (Å²) in [4.78, 5) is 25.5. The first-order valence-electron chi connectivity index (χ1n) is 7.99. The van der Waals surface area contributed by atoms with Crippen LogP contribution in [0.4, 0.5) is 18.9 Å². The molecule has 132 valence electrons. The van der Waals surface area contributed by atoms with Crippen molar-refractivity contribution in [1.82, 2.24) is 15.1 Å². The van der Waals surface area contributed by atoms with Crippen LogP contribution in [0.15, 0.2) is 12.4 Å². The minimum absolute atomic E-state index is 0.0692. The number of nitrogens with one attached hydrogen (secondary N) is 1. The van der Waals surface area contributed by atoms with Gasteiger partial charge in [0.15, 0.2) is 0 Å². The number of anilines is 1. The number of rotatable bonds is 6. The Morgan fingerprint density at radius 1 is 1.38 bits per heavy atom. The van der Waals surface area contributed by atoms with E-state index in [1.165, 1.54) is 30.1 Å². The Morgan fingerprint density at radius 2 is 2.12 bits per heavy atom. The van der Waals surface area contributed by atoms with Gasteiger partial charge in [-0.2, -0.15) is 18.3 Å². The van der Waals surface area contributed by atoms with E-state index in [4.69, 9.17) is 0 Å². The molecule has 1 aromatic rings. The zero-order valence-corrected chi connectivity index (χ0v) is 13.1.